The Morgan fingerprint density at radius 3 is 2.74 bits per heavy atom. The molecule has 6 nitrogen and oxygen atoms in total. The highest BCUT2D eigenvalue weighted by Crippen LogP contribution is 2.20. The Balaban J connectivity index is 2.81. The first-order valence-corrected chi connectivity index (χ1v) is 5.85. The monoisotopic (exact) mass is 268 g/mol. The minimum Gasteiger partial charge on any atom is -0.497 e. The minimum atomic E-state index is -0.731. The number of nitrogens with two attached hydrogens (primary N) is 1. The third-order valence-electron chi connectivity index (χ3n) is 2.68. The van der Waals surface area contributed by atoms with Gasteiger partial charge in [0.25, 0.3) is 5.91 Å². The van der Waals surface area contributed by atoms with Crippen LogP contribution in [0.1, 0.15) is 10.4 Å². The van der Waals surface area contributed by atoms with Crippen molar-refractivity contribution in [3.05, 3.63) is 23.8 Å². The van der Waals surface area contributed by atoms with E-state index in [1.54, 1.807) is 25.2 Å². The molecule has 0 fully saturated rings. The van der Waals surface area contributed by atoms with E-state index in [0.717, 1.165) is 0 Å². The van der Waals surface area contributed by atoms with E-state index in [2.05, 4.69) is 0 Å². The van der Waals surface area contributed by atoms with Gasteiger partial charge in [-0.25, -0.2) is 0 Å². The molecule has 0 aliphatic rings. The van der Waals surface area contributed by atoms with Gasteiger partial charge in [0, 0.05) is 26.4 Å². The van der Waals surface area contributed by atoms with Crippen molar-refractivity contribution in [3.8, 4) is 5.75 Å². The van der Waals surface area contributed by atoms with Gasteiger partial charge in [0.15, 0.2) is 0 Å². The lowest BCUT2D eigenvalue weighted by atomic mass is 10.1. The summed E-state index contributed by atoms with van der Waals surface area (Å²) >= 11 is 0. The Labute approximate surface area is 112 Å². The van der Waals surface area contributed by atoms with Gasteiger partial charge in [-0.2, -0.15) is 0 Å². The van der Waals surface area contributed by atoms with Crippen LogP contribution in [0, 0.1) is 0 Å². The molecule has 106 valence electrons. The van der Waals surface area contributed by atoms with Crippen LogP contribution in [0.2, 0.25) is 0 Å². The second-order valence-electron chi connectivity index (χ2n) is 4.25. The molecule has 0 aromatic heterocycles. The van der Waals surface area contributed by atoms with Crippen LogP contribution in [0.3, 0.4) is 0 Å². The van der Waals surface area contributed by atoms with E-state index in [-0.39, 0.29) is 19.1 Å². The average Bonchev–Trinajstić information content (AvgIpc) is 2.38. The van der Waals surface area contributed by atoms with Crippen LogP contribution in [0.25, 0.3) is 0 Å². The van der Waals surface area contributed by atoms with E-state index < -0.39 is 6.10 Å². The number of likely N-dealkylation sites (N-methyl/N-ethyl adjacent to an activating group) is 1. The summed E-state index contributed by atoms with van der Waals surface area (Å²) < 4.78 is 9.88. The first kappa shape index (κ1) is 15.3. The smallest absolute Gasteiger partial charge is 0.255 e. The van der Waals surface area contributed by atoms with Crippen molar-refractivity contribution < 1.29 is 19.4 Å². The Morgan fingerprint density at radius 2 is 2.16 bits per heavy atom. The standard InChI is InChI=1S/C13H20N2O4/c1-15(7-9(16)8-18-2)13(17)11-6-10(19-3)4-5-12(11)14/h4-6,9,16H,7-8,14H2,1-3H3. The molecule has 1 atom stereocenters. The number of aliphatic hydroxyl groups is 1. The van der Waals surface area contributed by atoms with Gasteiger partial charge in [0.2, 0.25) is 0 Å². The van der Waals surface area contributed by atoms with E-state index in [4.69, 9.17) is 15.2 Å². The lowest BCUT2D eigenvalue weighted by Crippen LogP contribution is -2.36. The number of benzene rings is 1. The fourth-order valence-corrected chi connectivity index (χ4v) is 1.70. The van der Waals surface area contributed by atoms with Crippen molar-refractivity contribution in [3.63, 3.8) is 0 Å². The van der Waals surface area contributed by atoms with Gasteiger partial charge in [-0.3, -0.25) is 4.79 Å². The Morgan fingerprint density at radius 1 is 1.47 bits per heavy atom. The molecule has 1 aromatic carbocycles. The minimum absolute atomic E-state index is 0.170. The number of nitrogens with zero attached hydrogens (tertiary/aromatic N) is 1. The second kappa shape index (κ2) is 6.96. The summed E-state index contributed by atoms with van der Waals surface area (Å²) in [6.07, 6.45) is -0.731. The number of hydrogen-bond donors (Lipinski definition) is 2. The molecule has 1 aromatic rings. The third-order valence-corrected chi connectivity index (χ3v) is 2.68. The molecular weight excluding hydrogens is 248 g/mol. The Kier molecular flexibility index (Phi) is 5.59. The van der Waals surface area contributed by atoms with Crippen molar-refractivity contribution >= 4 is 11.6 Å². The zero-order valence-corrected chi connectivity index (χ0v) is 11.4. The molecule has 0 heterocycles. The molecule has 0 spiro atoms. The topological polar surface area (TPSA) is 85.0 Å². The van der Waals surface area contributed by atoms with Gasteiger partial charge in [-0.15, -0.1) is 0 Å². The first-order chi connectivity index (χ1) is 8.99. The van der Waals surface area contributed by atoms with Gasteiger partial charge < -0.3 is 25.2 Å². The lowest BCUT2D eigenvalue weighted by molar-refractivity contribution is 0.0380. The number of methoxy groups -OCH3 is 2. The van der Waals surface area contributed by atoms with Crippen molar-refractivity contribution in [1.29, 1.82) is 0 Å². The van der Waals surface area contributed by atoms with E-state index in [0.29, 0.717) is 17.0 Å². The summed E-state index contributed by atoms with van der Waals surface area (Å²) in [7, 11) is 4.61. The second-order valence-corrected chi connectivity index (χ2v) is 4.25. The van der Waals surface area contributed by atoms with Gasteiger partial charge in [0.1, 0.15) is 5.75 Å². The lowest BCUT2D eigenvalue weighted by Gasteiger charge is -2.21. The molecule has 1 rings (SSSR count). The number of hydrogen-bond acceptors (Lipinski definition) is 5. The number of aliphatic hydroxyl groups excluding tert-OH is 1. The number of carbonyl (C=O) groups excluding carboxylic acids is 1. The van der Waals surface area contributed by atoms with Gasteiger partial charge in [0.05, 0.1) is 25.4 Å². The summed E-state index contributed by atoms with van der Waals surface area (Å²) in [5.41, 5.74) is 6.51. The predicted molar refractivity (Wildman–Crippen MR) is 72.2 cm³/mol. The summed E-state index contributed by atoms with van der Waals surface area (Å²) in [5, 5.41) is 9.61. The van der Waals surface area contributed by atoms with E-state index in [1.807, 2.05) is 0 Å². The molecule has 0 aliphatic heterocycles. The van der Waals surface area contributed by atoms with Gasteiger partial charge in [-0.1, -0.05) is 0 Å². The highest BCUT2D eigenvalue weighted by Gasteiger charge is 2.18. The van der Waals surface area contributed by atoms with Crippen LogP contribution in [-0.2, 0) is 4.74 Å². The summed E-state index contributed by atoms with van der Waals surface area (Å²) in [5.74, 6) is 0.287. The van der Waals surface area contributed by atoms with Crippen molar-refractivity contribution in [2.45, 2.75) is 6.10 Å². The van der Waals surface area contributed by atoms with Gasteiger partial charge >= 0.3 is 0 Å². The number of carbonyl (C=O) groups is 1. The van der Waals surface area contributed by atoms with Crippen LogP contribution in [-0.4, -0.2) is 56.4 Å². The molecule has 0 bridgehead atoms. The van der Waals surface area contributed by atoms with Crippen LogP contribution in [0.5, 0.6) is 5.75 Å². The largest absolute Gasteiger partial charge is 0.497 e. The summed E-state index contributed by atoms with van der Waals surface area (Å²) in [6.45, 7) is 0.342. The molecule has 0 saturated heterocycles. The van der Waals surface area contributed by atoms with Crippen LogP contribution >= 0.6 is 0 Å². The summed E-state index contributed by atoms with van der Waals surface area (Å²) in [4.78, 5) is 13.6. The van der Waals surface area contributed by atoms with Crippen LogP contribution in [0.15, 0.2) is 18.2 Å². The normalized spacial score (nSPS) is 12.0. The molecule has 1 amide bonds. The average molecular weight is 268 g/mol. The number of nitrogen functional groups attached to an aromatic ring is 1. The number of rotatable bonds is 6. The molecule has 0 saturated carbocycles. The number of amides is 1. The maximum Gasteiger partial charge on any atom is 0.255 e. The van der Waals surface area contributed by atoms with Gasteiger partial charge in [-0.05, 0) is 18.2 Å². The van der Waals surface area contributed by atoms with Crippen molar-refractivity contribution in [1.82, 2.24) is 4.90 Å². The Hall–Kier alpha value is -1.79. The zero-order chi connectivity index (χ0) is 14.4. The van der Waals surface area contributed by atoms with Crippen LogP contribution < -0.4 is 10.5 Å². The number of ether oxygens (including phenoxy) is 2. The van der Waals surface area contributed by atoms with Crippen LogP contribution in [0.4, 0.5) is 5.69 Å². The van der Waals surface area contributed by atoms with Crippen molar-refractivity contribution in [2.75, 3.05) is 40.2 Å². The molecule has 3 N–H and O–H groups in total. The summed E-state index contributed by atoms with van der Waals surface area (Å²) in [6, 6.07) is 4.88. The Bertz CT molecular complexity index is 437. The fraction of sp³-hybridized carbons (Fsp3) is 0.462. The zero-order valence-electron chi connectivity index (χ0n) is 11.4. The predicted octanol–water partition coefficient (Wildman–Crippen LogP) is 0.357. The van der Waals surface area contributed by atoms with E-state index in [1.165, 1.54) is 19.1 Å². The molecular formula is C13H20N2O4. The SMILES string of the molecule is COCC(O)CN(C)C(=O)c1cc(OC)ccc1N. The molecule has 6 heteroatoms. The highest BCUT2D eigenvalue weighted by molar-refractivity contribution is 5.99. The maximum atomic E-state index is 12.2. The first-order valence-electron chi connectivity index (χ1n) is 5.85. The highest BCUT2D eigenvalue weighted by atomic mass is 16.5. The molecule has 19 heavy (non-hydrogen) atoms. The molecule has 0 aliphatic carbocycles. The maximum absolute atomic E-state index is 12.2. The van der Waals surface area contributed by atoms with Crippen molar-refractivity contribution in [2.24, 2.45) is 0 Å². The van der Waals surface area contributed by atoms with E-state index in [9.17, 15) is 9.90 Å². The molecule has 1 unspecified atom stereocenters. The molecule has 0 radical (unpaired) electrons. The third kappa shape index (κ3) is 4.11. The fourth-order valence-electron chi connectivity index (χ4n) is 1.70. The quantitative estimate of drug-likeness (QED) is 0.727. The number of anilines is 1. The van der Waals surface area contributed by atoms with E-state index >= 15 is 0 Å².